The lowest BCUT2D eigenvalue weighted by molar-refractivity contribution is -0.135. The smallest absolute Gasteiger partial charge is 0.246 e. The number of benzene rings is 1. The molecular weight excluding hydrogens is 319 g/mol. The van der Waals surface area contributed by atoms with Gasteiger partial charge in [0.1, 0.15) is 5.82 Å². The van der Waals surface area contributed by atoms with Crippen LogP contribution >= 0.6 is 0 Å². The summed E-state index contributed by atoms with van der Waals surface area (Å²) < 4.78 is 13.2. The fraction of sp³-hybridized carbons (Fsp3) is 0.500. The molecule has 1 heterocycles. The molecule has 0 aromatic heterocycles. The van der Waals surface area contributed by atoms with E-state index in [1.165, 1.54) is 18.2 Å². The van der Waals surface area contributed by atoms with Gasteiger partial charge >= 0.3 is 0 Å². The molecule has 0 spiro atoms. The summed E-state index contributed by atoms with van der Waals surface area (Å²) in [7, 11) is 0. The Morgan fingerprint density at radius 3 is 2.48 bits per heavy atom. The highest BCUT2D eigenvalue weighted by Crippen LogP contribution is 2.27. The lowest BCUT2D eigenvalue weighted by atomic mass is 10.1. The van der Waals surface area contributed by atoms with Gasteiger partial charge in [-0.25, -0.2) is 4.39 Å². The maximum Gasteiger partial charge on any atom is 0.246 e. The quantitative estimate of drug-likeness (QED) is 0.791. The predicted octanol–water partition coefficient (Wildman–Crippen LogP) is 3.09. The molecule has 25 heavy (non-hydrogen) atoms. The molecule has 0 bridgehead atoms. The first kappa shape index (κ1) is 17.6. The zero-order valence-corrected chi connectivity index (χ0v) is 14.5. The van der Waals surface area contributed by atoms with Crippen LogP contribution < -0.4 is 0 Å². The molecule has 1 aromatic rings. The first-order valence-electron chi connectivity index (χ1n) is 9.15. The summed E-state index contributed by atoms with van der Waals surface area (Å²) in [4.78, 5) is 28.6. The molecular formula is C20H25FN2O2. The molecule has 2 amide bonds. The van der Waals surface area contributed by atoms with Crippen LogP contribution in [0.25, 0.3) is 6.08 Å². The largest absolute Gasteiger partial charge is 0.341 e. The Bertz CT molecular complexity index is 653. The average Bonchev–Trinajstić information content (AvgIpc) is 3.03. The Balaban J connectivity index is 1.55. The van der Waals surface area contributed by atoms with Gasteiger partial charge in [-0.1, -0.05) is 25.0 Å². The molecule has 0 N–H and O–H groups in total. The van der Waals surface area contributed by atoms with E-state index in [1.54, 1.807) is 23.1 Å². The van der Waals surface area contributed by atoms with Crippen LogP contribution in [0.1, 0.15) is 37.7 Å². The van der Waals surface area contributed by atoms with E-state index >= 15 is 0 Å². The SMILES string of the molecule is O=C(C=Cc1cccc(F)c1)N1CCCN(C(=O)C2CCCC2)CC1. The second-order valence-corrected chi connectivity index (χ2v) is 6.87. The van der Waals surface area contributed by atoms with E-state index in [9.17, 15) is 14.0 Å². The van der Waals surface area contributed by atoms with E-state index in [-0.39, 0.29) is 23.5 Å². The van der Waals surface area contributed by atoms with Gasteiger partial charge in [-0.15, -0.1) is 0 Å². The summed E-state index contributed by atoms with van der Waals surface area (Å²) in [5.74, 6) is 0.0575. The monoisotopic (exact) mass is 344 g/mol. The van der Waals surface area contributed by atoms with Gasteiger partial charge in [0.25, 0.3) is 0 Å². The molecule has 1 saturated carbocycles. The molecule has 0 unspecified atom stereocenters. The second kappa shape index (κ2) is 8.28. The number of nitrogens with zero attached hydrogens (tertiary/aromatic N) is 2. The first-order chi connectivity index (χ1) is 12.1. The number of hydrogen-bond donors (Lipinski definition) is 0. The molecule has 5 heteroatoms. The number of amides is 2. The third kappa shape index (κ3) is 4.68. The van der Waals surface area contributed by atoms with E-state index < -0.39 is 0 Å². The van der Waals surface area contributed by atoms with Crippen LogP contribution in [0.5, 0.6) is 0 Å². The zero-order chi connectivity index (χ0) is 17.6. The fourth-order valence-corrected chi connectivity index (χ4v) is 3.67. The van der Waals surface area contributed by atoms with E-state index in [0.29, 0.717) is 25.2 Å². The third-order valence-corrected chi connectivity index (χ3v) is 5.09. The highest BCUT2D eigenvalue weighted by Gasteiger charge is 2.28. The molecule has 0 atom stereocenters. The summed E-state index contributed by atoms with van der Waals surface area (Å²) in [6.07, 6.45) is 8.25. The maximum absolute atomic E-state index is 13.2. The lowest BCUT2D eigenvalue weighted by Crippen LogP contribution is -2.39. The molecule has 1 aliphatic heterocycles. The lowest BCUT2D eigenvalue weighted by Gasteiger charge is -2.24. The third-order valence-electron chi connectivity index (χ3n) is 5.09. The van der Waals surface area contributed by atoms with Gasteiger partial charge < -0.3 is 9.80 Å². The van der Waals surface area contributed by atoms with E-state index in [2.05, 4.69) is 0 Å². The standard InChI is InChI=1S/C20H25FN2O2/c21-18-8-3-5-16(15-18)9-10-19(24)22-11-4-12-23(14-13-22)20(25)17-6-1-2-7-17/h3,5,8-10,15,17H,1-2,4,6-7,11-14H2. The summed E-state index contributed by atoms with van der Waals surface area (Å²) in [6, 6.07) is 6.16. The fourth-order valence-electron chi connectivity index (χ4n) is 3.67. The van der Waals surface area contributed by atoms with Gasteiger partial charge in [0, 0.05) is 38.2 Å². The van der Waals surface area contributed by atoms with Crippen LogP contribution in [0.3, 0.4) is 0 Å². The summed E-state index contributed by atoms with van der Waals surface area (Å²) in [5.41, 5.74) is 0.668. The predicted molar refractivity (Wildman–Crippen MR) is 95.2 cm³/mol. The summed E-state index contributed by atoms with van der Waals surface area (Å²) in [5, 5.41) is 0. The Kier molecular flexibility index (Phi) is 5.84. The van der Waals surface area contributed by atoms with Crippen molar-refractivity contribution < 1.29 is 14.0 Å². The van der Waals surface area contributed by atoms with Crippen molar-refractivity contribution >= 4 is 17.9 Å². The van der Waals surface area contributed by atoms with Gasteiger partial charge in [0.15, 0.2) is 0 Å². The van der Waals surface area contributed by atoms with Crippen LogP contribution in [-0.4, -0.2) is 47.8 Å². The van der Waals surface area contributed by atoms with Gasteiger partial charge in [0.05, 0.1) is 0 Å². The molecule has 134 valence electrons. The Labute approximate surface area is 148 Å². The van der Waals surface area contributed by atoms with E-state index in [0.717, 1.165) is 38.6 Å². The van der Waals surface area contributed by atoms with E-state index in [4.69, 9.17) is 0 Å². The number of rotatable bonds is 3. The van der Waals surface area contributed by atoms with Crippen molar-refractivity contribution in [1.82, 2.24) is 9.80 Å². The van der Waals surface area contributed by atoms with Gasteiger partial charge in [-0.3, -0.25) is 9.59 Å². The molecule has 1 aliphatic carbocycles. The van der Waals surface area contributed by atoms with Crippen molar-refractivity contribution in [3.05, 3.63) is 41.7 Å². The highest BCUT2D eigenvalue weighted by atomic mass is 19.1. The van der Waals surface area contributed by atoms with Gasteiger partial charge in [0.2, 0.25) is 11.8 Å². The van der Waals surface area contributed by atoms with Crippen LogP contribution in [0.15, 0.2) is 30.3 Å². The zero-order valence-electron chi connectivity index (χ0n) is 14.5. The molecule has 0 radical (unpaired) electrons. The summed E-state index contributed by atoms with van der Waals surface area (Å²) in [6.45, 7) is 2.55. The van der Waals surface area contributed by atoms with Crippen molar-refractivity contribution in [2.75, 3.05) is 26.2 Å². The minimum absolute atomic E-state index is 0.0839. The summed E-state index contributed by atoms with van der Waals surface area (Å²) >= 11 is 0. The van der Waals surface area contributed by atoms with E-state index in [1.807, 2.05) is 4.90 Å². The van der Waals surface area contributed by atoms with Gasteiger partial charge in [-0.2, -0.15) is 0 Å². The van der Waals surface area contributed by atoms with Crippen LogP contribution in [0.2, 0.25) is 0 Å². The number of halogens is 1. The van der Waals surface area contributed by atoms with Crippen molar-refractivity contribution in [3.63, 3.8) is 0 Å². The topological polar surface area (TPSA) is 40.6 Å². The number of hydrogen-bond acceptors (Lipinski definition) is 2. The highest BCUT2D eigenvalue weighted by molar-refractivity contribution is 5.91. The second-order valence-electron chi connectivity index (χ2n) is 6.87. The van der Waals surface area contributed by atoms with Gasteiger partial charge in [-0.05, 0) is 43.0 Å². The normalized spacial score (nSPS) is 19.4. The molecule has 2 fully saturated rings. The van der Waals surface area contributed by atoms with Crippen molar-refractivity contribution in [2.45, 2.75) is 32.1 Å². The van der Waals surface area contributed by atoms with Crippen molar-refractivity contribution in [1.29, 1.82) is 0 Å². The molecule has 2 aliphatic rings. The molecule has 1 saturated heterocycles. The number of carbonyl (C=O) groups is 2. The minimum Gasteiger partial charge on any atom is -0.341 e. The maximum atomic E-state index is 13.2. The molecule has 3 rings (SSSR count). The van der Waals surface area contributed by atoms with Crippen LogP contribution in [0.4, 0.5) is 4.39 Å². The van der Waals surface area contributed by atoms with Crippen molar-refractivity contribution in [2.24, 2.45) is 5.92 Å². The Hall–Kier alpha value is -2.17. The Morgan fingerprint density at radius 2 is 1.72 bits per heavy atom. The van der Waals surface area contributed by atoms with Crippen LogP contribution in [0, 0.1) is 11.7 Å². The first-order valence-corrected chi connectivity index (χ1v) is 9.15. The Morgan fingerprint density at radius 1 is 1.00 bits per heavy atom. The van der Waals surface area contributed by atoms with Crippen LogP contribution in [-0.2, 0) is 9.59 Å². The molecule has 1 aromatic carbocycles. The number of carbonyl (C=O) groups excluding carboxylic acids is 2. The minimum atomic E-state index is -0.314. The van der Waals surface area contributed by atoms with Crippen molar-refractivity contribution in [3.8, 4) is 0 Å². The average molecular weight is 344 g/mol. The molecule has 4 nitrogen and oxygen atoms in total.